The van der Waals surface area contributed by atoms with E-state index >= 15 is 0 Å². The number of halogens is 1. The summed E-state index contributed by atoms with van der Waals surface area (Å²) in [6, 6.07) is 5.36. The van der Waals surface area contributed by atoms with E-state index in [1.54, 1.807) is 25.6 Å². The third-order valence-corrected chi connectivity index (χ3v) is 4.41. The molecule has 1 aromatic heterocycles. The molecular weight excluding hydrogens is 338 g/mol. The fourth-order valence-electron chi connectivity index (χ4n) is 1.71. The molecule has 0 aliphatic rings. The molecule has 0 fully saturated rings. The van der Waals surface area contributed by atoms with Gasteiger partial charge in [0.2, 0.25) is 5.91 Å². The molecule has 0 unspecified atom stereocenters. The molecule has 0 aliphatic carbocycles. The Balaban J connectivity index is 1.91. The largest absolute Gasteiger partial charge is 0.383 e. The Morgan fingerprint density at radius 1 is 1.48 bits per heavy atom. The van der Waals surface area contributed by atoms with Crippen molar-refractivity contribution in [3.8, 4) is 0 Å². The van der Waals surface area contributed by atoms with Crippen LogP contribution in [-0.2, 0) is 16.6 Å². The predicted molar refractivity (Wildman–Crippen MR) is 90.0 cm³/mol. The normalized spacial score (nSPS) is 10.7. The number of carbonyl (C=O) groups is 1. The second-order valence-electron chi connectivity index (χ2n) is 4.69. The molecule has 0 spiro atoms. The van der Waals surface area contributed by atoms with Crippen LogP contribution in [-0.4, -0.2) is 47.5 Å². The molecule has 1 amide bonds. The summed E-state index contributed by atoms with van der Waals surface area (Å²) in [5, 5.41) is 14.9. The molecule has 1 aromatic carbocycles. The second kappa shape index (κ2) is 8.88. The van der Waals surface area contributed by atoms with Crippen LogP contribution in [0.5, 0.6) is 0 Å². The van der Waals surface area contributed by atoms with Crippen LogP contribution in [0.25, 0.3) is 0 Å². The minimum atomic E-state index is -0.133. The first-order valence-electron chi connectivity index (χ1n) is 6.91. The van der Waals surface area contributed by atoms with Gasteiger partial charge in [0.25, 0.3) is 0 Å². The van der Waals surface area contributed by atoms with Crippen LogP contribution in [0.4, 0.5) is 5.69 Å². The lowest BCUT2D eigenvalue weighted by Crippen LogP contribution is -2.30. The lowest BCUT2D eigenvalue weighted by Gasteiger charge is -2.09. The van der Waals surface area contributed by atoms with Crippen LogP contribution in [0.2, 0.25) is 5.02 Å². The van der Waals surface area contributed by atoms with Crippen molar-refractivity contribution in [2.75, 3.05) is 32.1 Å². The lowest BCUT2D eigenvalue weighted by atomic mass is 10.3. The van der Waals surface area contributed by atoms with Gasteiger partial charge in [-0.1, -0.05) is 11.6 Å². The number of aromatic nitrogens is 3. The summed E-state index contributed by atoms with van der Waals surface area (Å²) in [4.78, 5) is 12.6. The summed E-state index contributed by atoms with van der Waals surface area (Å²) < 4.78 is 6.70. The summed E-state index contributed by atoms with van der Waals surface area (Å²) in [6.45, 7) is 1.40. The standard InChI is InChI=1S/C14H18ClN5O2S/c1-20-9-17-19-14(20)23-12-4-3-10(7-11(12)15)18-13(21)8-16-5-6-22-2/h3-4,7,9,16H,5-6,8H2,1-2H3,(H,18,21). The Bertz CT molecular complexity index is 664. The third-order valence-electron chi connectivity index (χ3n) is 2.86. The SMILES string of the molecule is COCCNCC(=O)Nc1ccc(Sc2nncn2C)c(Cl)c1. The first-order chi connectivity index (χ1) is 11.1. The zero-order valence-corrected chi connectivity index (χ0v) is 14.4. The summed E-state index contributed by atoms with van der Waals surface area (Å²) in [7, 11) is 3.48. The van der Waals surface area contributed by atoms with E-state index in [0.29, 0.717) is 23.9 Å². The molecule has 2 rings (SSSR count). The molecule has 7 nitrogen and oxygen atoms in total. The third kappa shape index (κ3) is 5.51. The Labute approximate surface area is 143 Å². The number of aryl methyl sites for hydroxylation is 1. The van der Waals surface area contributed by atoms with Crippen molar-refractivity contribution >= 4 is 35.0 Å². The van der Waals surface area contributed by atoms with E-state index in [-0.39, 0.29) is 12.5 Å². The minimum Gasteiger partial charge on any atom is -0.383 e. The van der Waals surface area contributed by atoms with E-state index < -0.39 is 0 Å². The number of rotatable bonds is 8. The van der Waals surface area contributed by atoms with Crippen molar-refractivity contribution in [2.45, 2.75) is 10.1 Å². The van der Waals surface area contributed by atoms with Crippen molar-refractivity contribution in [1.29, 1.82) is 0 Å². The first kappa shape index (κ1) is 17.7. The fraction of sp³-hybridized carbons (Fsp3) is 0.357. The molecule has 0 radical (unpaired) electrons. The highest BCUT2D eigenvalue weighted by Gasteiger charge is 2.09. The predicted octanol–water partition coefficient (Wildman–Crippen LogP) is 1.79. The van der Waals surface area contributed by atoms with E-state index in [0.717, 1.165) is 10.1 Å². The van der Waals surface area contributed by atoms with Crippen molar-refractivity contribution in [2.24, 2.45) is 7.05 Å². The summed E-state index contributed by atoms with van der Waals surface area (Å²) in [5.41, 5.74) is 0.649. The molecule has 0 aliphatic heterocycles. The molecule has 0 atom stereocenters. The maximum absolute atomic E-state index is 11.8. The van der Waals surface area contributed by atoms with Gasteiger partial charge in [0.15, 0.2) is 5.16 Å². The number of methoxy groups -OCH3 is 1. The number of benzene rings is 1. The van der Waals surface area contributed by atoms with Crippen LogP contribution >= 0.6 is 23.4 Å². The maximum Gasteiger partial charge on any atom is 0.238 e. The second-order valence-corrected chi connectivity index (χ2v) is 6.11. The monoisotopic (exact) mass is 355 g/mol. The van der Waals surface area contributed by atoms with Gasteiger partial charge in [-0.05, 0) is 30.0 Å². The van der Waals surface area contributed by atoms with Crippen LogP contribution in [0.15, 0.2) is 34.6 Å². The highest BCUT2D eigenvalue weighted by Crippen LogP contribution is 2.33. The summed E-state index contributed by atoms with van der Waals surface area (Å²) in [5.74, 6) is -0.133. The molecule has 9 heteroatoms. The first-order valence-corrected chi connectivity index (χ1v) is 8.10. The van der Waals surface area contributed by atoms with Crippen LogP contribution in [0, 0.1) is 0 Å². The van der Waals surface area contributed by atoms with Gasteiger partial charge in [-0.3, -0.25) is 4.79 Å². The number of ether oxygens (including phenoxy) is 1. The molecule has 1 heterocycles. The number of amides is 1. The van der Waals surface area contributed by atoms with Gasteiger partial charge in [-0.2, -0.15) is 0 Å². The van der Waals surface area contributed by atoms with Crippen molar-refractivity contribution in [3.63, 3.8) is 0 Å². The average molecular weight is 356 g/mol. The van der Waals surface area contributed by atoms with E-state index in [1.165, 1.54) is 11.8 Å². The van der Waals surface area contributed by atoms with Crippen LogP contribution in [0.1, 0.15) is 0 Å². The molecule has 23 heavy (non-hydrogen) atoms. The van der Waals surface area contributed by atoms with Crippen LogP contribution < -0.4 is 10.6 Å². The molecule has 0 saturated carbocycles. The molecular formula is C14H18ClN5O2S. The molecule has 2 N–H and O–H groups in total. The maximum atomic E-state index is 11.8. The molecule has 2 aromatic rings. The number of carbonyl (C=O) groups excluding carboxylic acids is 1. The Morgan fingerprint density at radius 3 is 2.96 bits per heavy atom. The summed E-state index contributed by atoms with van der Waals surface area (Å²) >= 11 is 7.68. The average Bonchev–Trinajstić information content (AvgIpc) is 2.92. The van der Waals surface area contributed by atoms with Gasteiger partial charge >= 0.3 is 0 Å². The Hall–Kier alpha value is -1.61. The topological polar surface area (TPSA) is 81.1 Å². The number of anilines is 1. The van der Waals surface area contributed by atoms with E-state index in [1.807, 2.05) is 17.7 Å². The van der Waals surface area contributed by atoms with Crippen molar-refractivity contribution in [3.05, 3.63) is 29.5 Å². The van der Waals surface area contributed by atoms with Gasteiger partial charge in [0.05, 0.1) is 18.2 Å². The number of hydrogen-bond acceptors (Lipinski definition) is 6. The van der Waals surface area contributed by atoms with Gasteiger partial charge < -0.3 is 19.9 Å². The van der Waals surface area contributed by atoms with Gasteiger partial charge in [0, 0.05) is 31.3 Å². The zero-order chi connectivity index (χ0) is 16.7. The highest BCUT2D eigenvalue weighted by molar-refractivity contribution is 7.99. The zero-order valence-electron chi connectivity index (χ0n) is 12.9. The van der Waals surface area contributed by atoms with E-state index in [4.69, 9.17) is 16.3 Å². The number of nitrogens with one attached hydrogen (secondary N) is 2. The molecule has 0 bridgehead atoms. The molecule has 0 saturated heterocycles. The van der Waals surface area contributed by atoms with Crippen molar-refractivity contribution < 1.29 is 9.53 Å². The van der Waals surface area contributed by atoms with Crippen LogP contribution in [0.3, 0.4) is 0 Å². The minimum absolute atomic E-state index is 0.133. The van der Waals surface area contributed by atoms with E-state index in [9.17, 15) is 4.79 Å². The van der Waals surface area contributed by atoms with Gasteiger partial charge in [-0.15, -0.1) is 10.2 Å². The van der Waals surface area contributed by atoms with Gasteiger partial charge in [-0.25, -0.2) is 0 Å². The summed E-state index contributed by atoms with van der Waals surface area (Å²) in [6.07, 6.45) is 1.63. The number of hydrogen-bond donors (Lipinski definition) is 2. The Morgan fingerprint density at radius 2 is 2.30 bits per heavy atom. The lowest BCUT2D eigenvalue weighted by molar-refractivity contribution is -0.115. The molecule has 124 valence electrons. The highest BCUT2D eigenvalue weighted by atomic mass is 35.5. The number of nitrogens with zero attached hydrogens (tertiary/aromatic N) is 3. The van der Waals surface area contributed by atoms with Crippen molar-refractivity contribution in [1.82, 2.24) is 20.1 Å². The van der Waals surface area contributed by atoms with Gasteiger partial charge in [0.1, 0.15) is 6.33 Å². The smallest absolute Gasteiger partial charge is 0.238 e. The quantitative estimate of drug-likeness (QED) is 0.703. The Kier molecular flexibility index (Phi) is 6.85. The van der Waals surface area contributed by atoms with E-state index in [2.05, 4.69) is 20.8 Å². The fourth-order valence-corrected chi connectivity index (χ4v) is 2.77.